The third-order valence-electron chi connectivity index (χ3n) is 2.81. The summed E-state index contributed by atoms with van der Waals surface area (Å²) >= 11 is 6.93. The van der Waals surface area contributed by atoms with Crippen molar-refractivity contribution in [3.63, 3.8) is 0 Å². The molecule has 1 unspecified atom stereocenters. The highest BCUT2D eigenvalue weighted by Crippen LogP contribution is 2.29. The highest BCUT2D eigenvalue weighted by Gasteiger charge is 2.27. The summed E-state index contributed by atoms with van der Waals surface area (Å²) in [6, 6.07) is 3.49. The van der Waals surface area contributed by atoms with Gasteiger partial charge in [-0.15, -0.1) is 0 Å². The smallest absolute Gasteiger partial charge is 0.351 e. The number of thiazole rings is 1. The van der Waals surface area contributed by atoms with Crippen LogP contribution in [0.15, 0.2) is 16.5 Å². The summed E-state index contributed by atoms with van der Waals surface area (Å²) in [6.45, 7) is 3.58. The number of ether oxygens (including phenoxy) is 1. The summed E-state index contributed by atoms with van der Waals surface area (Å²) in [5.41, 5.74) is -1.21. The average molecular weight is 331 g/mol. The zero-order chi connectivity index (χ0) is 15.6. The minimum atomic E-state index is -1.21. The molecule has 21 heavy (non-hydrogen) atoms. The van der Waals surface area contributed by atoms with Gasteiger partial charge in [0, 0.05) is 0 Å². The molecule has 0 amide bonds. The number of aryl methyl sites for hydroxylation is 1. The maximum absolute atomic E-state index is 11.4. The fraction of sp³-hybridized carbons (Fsp3) is 0.385. The van der Waals surface area contributed by atoms with E-state index in [4.69, 9.17) is 16.0 Å². The number of hydrogen-bond acceptors (Lipinski definition) is 7. The Bertz CT molecular complexity index is 650. The molecule has 0 aromatic carbocycles. The molecule has 6 nitrogen and oxygen atoms in total. The number of carbonyl (C=O) groups is 1. The molecule has 0 spiro atoms. The second-order valence-corrected chi connectivity index (χ2v) is 6.03. The van der Waals surface area contributed by atoms with Crippen molar-refractivity contribution in [2.75, 3.05) is 19.0 Å². The lowest BCUT2D eigenvalue weighted by Gasteiger charge is -2.20. The first kappa shape index (κ1) is 15.8. The molecule has 0 aliphatic carbocycles. The van der Waals surface area contributed by atoms with Gasteiger partial charge < -0.3 is 19.6 Å². The van der Waals surface area contributed by atoms with E-state index in [0.29, 0.717) is 10.9 Å². The molecule has 0 saturated heterocycles. The van der Waals surface area contributed by atoms with Crippen LogP contribution in [-0.4, -0.2) is 29.7 Å². The zero-order valence-corrected chi connectivity index (χ0v) is 13.3. The Balaban J connectivity index is 2.07. The second kappa shape index (κ2) is 6.05. The molecule has 0 radical (unpaired) electrons. The summed E-state index contributed by atoms with van der Waals surface area (Å²) in [6.07, 6.45) is 0. The Kier molecular flexibility index (Phi) is 4.55. The normalized spacial score (nSPS) is 13.8. The number of carbonyl (C=O) groups excluding carboxylic acids is 1. The number of nitrogens with zero attached hydrogens (tertiary/aromatic N) is 1. The van der Waals surface area contributed by atoms with Crippen molar-refractivity contribution in [3.05, 3.63) is 33.7 Å². The largest absolute Gasteiger partial charge is 0.465 e. The van der Waals surface area contributed by atoms with Crippen LogP contribution in [-0.2, 0) is 10.3 Å². The van der Waals surface area contributed by atoms with E-state index >= 15 is 0 Å². The van der Waals surface area contributed by atoms with Crippen LogP contribution < -0.4 is 5.32 Å². The number of hydrogen-bond donors (Lipinski definition) is 2. The SMILES string of the molecule is COC(=O)c1sc(NCC(C)(O)c2ccc(C)o2)nc1Cl. The minimum absolute atomic E-state index is 0.0721. The molecule has 2 rings (SSSR count). The van der Waals surface area contributed by atoms with Gasteiger partial charge in [-0.25, -0.2) is 9.78 Å². The summed E-state index contributed by atoms with van der Waals surface area (Å²) < 4.78 is 10.0. The fourth-order valence-corrected chi connectivity index (χ4v) is 2.75. The van der Waals surface area contributed by atoms with E-state index in [-0.39, 0.29) is 16.6 Å². The third-order valence-corrected chi connectivity index (χ3v) is 4.19. The predicted molar refractivity (Wildman–Crippen MR) is 80.0 cm³/mol. The van der Waals surface area contributed by atoms with Gasteiger partial charge in [0.15, 0.2) is 15.2 Å². The van der Waals surface area contributed by atoms with Crippen LogP contribution in [0.25, 0.3) is 0 Å². The molecule has 0 fully saturated rings. The van der Waals surface area contributed by atoms with E-state index in [1.165, 1.54) is 7.11 Å². The molecule has 0 aliphatic heterocycles. The monoisotopic (exact) mass is 330 g/mol. The van der Waals surface area contributed by atoms with Crippen molar-refractivity contribution >= 4 is 34.0 Å². The summed E-state index contributed by atoms with van der Waals surface area (Å²) in [4.78, 5) is 15.7. The van der Waals surface area contributed by atoms with Gasteiger partial charge in [-0.1, -0.05) is 22.9 Å². The molecular weight excluding hydrogens is 316 g/mol. The number of halogens is 1. The number of furan rings is 1. The molecular formula is C13H15ClN2O4S. The molecule has 2 aromatic rings. The summed E-state index contributed by atoms with van der Waals surface area (Å²) in [5, 5.41) is 13.8. The van der Waals surface area contributed by atoms with Gasteiger partial charge in [0.05, 0.1) is 13.7 Å². The number of rotatable bonds is 5. The number of anilines is 1. The van der Waals surface area contributed by atoms with Crippen LogP contribution >= 0.6 is 22.9 Å². The first-order chi connectivity index (χ1) is 9.83. The standard InChI is InChI=1S/C13H15ClN2O4S/c1-7-4-5-8(20-7)13(2,18)6-15-12-16-10(14)9(21-12)11(17)19-3/h4-5,18H,6H2,1-3H3,(H,15,16). The number of aromatic nitrogens is 1. The van der Waals surface area contributed by atoms with E-state index in [1.807, 2.05) is 0 Å². The number of methoxy groups -OCH3 is 1. The highest BCUT2D eigenvalue weighted by molar-refractivity contribution is 7.18. The maximum atomic E-state index is 11.4. The maximum Gasteiger partial charge on any atom is 0.351 e. The third kappa shape index (κ3) is 3.55. The molecule has 0 aliphatic rings. The number of nitrogens with one attached hydrogen (secondary N) is 1. The second-order valence-electron chi connectivity index (χ2n) is 4.67. The molecule has 1 atom stereocenters. The lowest BCUT2D eigenvalue weighted by molar-refractivity contribution is 0.0468. The van der Waals surface area contributed by atoms with Crippen molar-refractivity contribution in [1.82, 2.24) is 4.98 Å². The Morgan fingerprint density at radius 1 is 1.62 bits per heavy atom. The van der Waals surface area contributed by atoms with Gasteiger partial charge >= 0.3 is 5.97 Å². The Hall–Kier alpha value is -1.57. The molecule has 2 N–H and O–H groups in total. The van der Waals surface area contributed by atoms with E-state index in [2.05, 4.69) is 15.0 Å². The van der Waals surface area contributed by atoms with Gasteiger partial charge in [0.25, 0.3) is 0 Å². The van der Waals surface area contributed by atoms with Crippen LogP contribution in [0.4, 0.5) is 5.13 Å². The van der Waals surface area contributed by atoms with Crippen LogP contribution in [0, 0.1) is 6.92 Å². The number of esters is 1. The predicted octanol–water partition coefficient (Wildman–Crippen LogP) is 2.80. The van der Waals surface area contributed by atoms with Crippen LogP contribution in [0.1, 0.15) is 28.1 Å². The average Bonchev–Trinajstić information content (AvgIpc) is 3.02. The Labute approximate surface area is 130 Å². The van der Waals surface area contributed by atoms with E-state index in [9.17, 15) is 9.90 Å². The molecule has 2 heterocycles. The first-order valence-corrected chi connectivity index (χ1v) is 7.31. The molecule has 0 saturated carbocycles. The number of aliphatic hydroxyl groups is 1. The van der Waals surface area contributed by atoms with Crippen LogP contribution in [0.2, 0.25) is 5.15 Å². The van der Waals surface area contributed by atoms with Crippen molar-refractivity contribution < 1.29 is 19.1 Å². The van der Waals surface area contributed by atoms with Crippen molar-refractivity contribution in [2.24, 2.45) is 0 Å². The molecule has 114 valence electrons. The molecule has 0 bridgehead atoms. The van der Waals surface area contributed by atoms with Gasteiger partial charge in [-0.2, -0.15) is 0 Å². The Morgan fingerprint density at radius 2 is 2.33 bits per heavy atom. The van der Waals surface area contributed by atoms with Gasteiger partial charge in [0.2, 0.25) is 0 Å². The quantitative estimate of drug-likeness (QED) is 0.820. The topological polar surface area (TPSA) is 84.6 Å². The van der Waals surface area contributed by atoms with Gasteiger partial charge in [0.1, 0.15) is 17.1 Å². The summed E-state index contributed by atoms with van der Waals surface area (Å²) in [7, 11) is 1.27. The fourth-order valence-electron chi connectivity index (χ4n) is 1.65. The van der Waals surface area contributed by atoms with E-state index < -0.39 is 11.6 Å². The zero-order valence-electron chi connectivity index (χ0n) is 11.8. The van der Waals surface area contributed by atoms with E-state index in [1.54, 1.807) is 26.0 Å². The molecule has 8 heteroatoms. The minimum Gasteiger partial charge on any atom is -0.465 e. The lowest BCUT2D eigenvalue weighted by atomic mass is 10.0. The van der Waals surface area contributed by atoms with Crippen LogP contribution in [0.5, 0.6) is 0 Å². The molecule has 2 aromatic heterocycles. The highest BCUT2D eigenvalue weighted by atomic mass is 35.5. The van der Waals surface area contributed by atoms with Gasteiger partial charge in [-0.3, -0.25) is 0 Å². The van der Waals surface area contributed by atoms with Gasteiger partial charge in [-0.05, 0) is 26.0 Å². The van der Waals surface area contributed by atoms with Crippen molar-refractivity contribution in [2.45, 2.75) is 19.4 Å². The van der Waals surface area contributed by atoms with Crippen molar-refractivity contribution in [1.29, 1.82) is 0 Å². The lowest BCUT2D eigenvalue weighted by Crippen LogP contribution is -2.30. The van der Waals surface area contributed by atoms with E-state index in [0.717, 1.165) is 17.1 Å². The van der Waals surface area contributed by atoms with Crippen molar-refractivity contribution in [3.8, 4) is 0 Å². The van der Waals surface area contributed by atoms with Crippen LogP contribution in [0.3, 0.4) is 0 Å². The summed E-state index contributed by atoms with van der Waals surface area (Å²) in [5.74, 6) is 0.623. The first-order valence-electron chi connectivity index (χ1n) is 6.11. The Morgan fingerprint density at radius 3 is 2.90 bits per heavy atom.